The Bertz CT molecular complexity index is 247. The Morgan fingerprint density at radius 1 is 1.16 bits per heavy atom. The van der Waals surface area contributed by atoms with Gasteiger partial charge in [0.15, 0.2) is 0 Å². The molecule has 0 bridgehead atoms. The fraction of sp³-hybridized carbons (Fsp3) is 1.00. The zero-order valence-electron chi connectivity index (χ0n) is 12.8. The highest BCUT2D eigenvalue weighted by molar-refractivity contribution is 4.89. The lowest BCUT2D eigenvalue weighted by atomic mass is 9.98. The lowest BCUT2D eigenvalue weighted by Gasteiger charge is -2.47. The van der Waals surface area contributed by atoms with Crippen LogP contribution in [0, 0.1) is 0 Å². The molecule has 2 aliphatic rings. The Kier molecular flexibility index (Phi) is 6.07. The first kappa shape index (κ1) is 15.2. The first-order valence-electron chi connectivity index (χ1n) is 7.88. The fourth-order valence-corrected chi connectivity index (χ4v) is 3.08. The van der Waals surface area contributed by atoms with E-state index in [0.717, 1.165) is 38.9 Å². The van der Waals surface area contributed by atoms with E-state index < -0.39 is 0 Å². The predicted molar refractivity (Wildman–Crippen MR) is 77.5 cm³/mol. The summed E-state index contributed by atoms with van der Waals surface area (Å²) in [7, 11) is 0. The van der Waals surface area contributed by atoms with Crippen LogP contribution in [0.2, 0.25) is 0 Å². The van der Waals surface area contributed by atoms with Gasteiger partial charge in [0.2, 0.25) is 0 Å². The van der Waals surface area contributed by atoms with Gasteiger partial charge in [-0.3, -0.25) is 4.90 Å². The van der Waals surface area contributed by atoms with E-state index in [1.54, 1.807) is 0 Å². The summed E-state index contributed by atoms with van der Waals surface area (Å²) >= 11 is 0. The van der Waals surface area contributed by atoms with Crippen molar-refractivity contribution in [1.82, 2.24) is 9.80 Å². The lowest BCUT2D eigenvalue weighted by molar-refractivity contribution is -0.102. The van der Waals surface area contributed by atoms with Crippen LogP contribution in [0.25, 0.3) is 0 Å². The molecule has 0 aliphatic carbocycles. The maximum atomic E-state index is 5.83. The molecule has 2 heterocycles. The van der Waals surface area contributed by atoms with Crippen LogP contribution in [0.1, 0.15) is 33.6 Å². The summed E-state index contributed by atoms with van der Waals surface area (Å²) < 4.78 is 11.3. The average molecular weight is 270 g/mol. The number of hydrogen-bond donors (Lipinski definition) is 0. The van der Waals surface area contributed by atoms with Crippen LogP contribution in [-0.4, -0.2) is 74.0 Å². The molecule has 0 radical (unpaired) electrons. The van der Waals surface area contributed by atoms with Gasteiger partial charge in [-0.2, -0.15) is 0 Å². The molecule has 2 rings (SSSR count). The summed E-state index contributed by atoms with van der Waals surface area (Å²) in [4.78, 5) is 5.14. The van der Waals surface area contributed by atoms with Crippen molar-refractivity contribution in [3.63, 3.8) is 0 Å². The van der Waals surface area contributed by atoms with E-state index in [0.29, 0.717) is 12.2 Å². The number of rotatable bonds is 7. The van der Waals surface area contributed by atoms with Crippen molar-refractivity contribution in [3.05, 3.63) is 0 Å². The van der Waals surface area contributed by atoms with E-state index in [9.17, 15) is 0 Å². The third kappa shape index (κ3) is 4.71. The van der Waals surface area contributed by atoms with Gasteiger partial charge in [0.1, 0.15) is 0 Å². The highest BCUT2D eigenvalue weighted by Gasteiger charge is 2.34. The molecular formula is C15H30N2O2. The van der Waals surface area contributed by atoms with Crippen molar-refractivity contribution in [2.24, 2.45) is 0 Å². The summed E-state index contributed by atoms with van der Waals surface area (Å²) in [6.45, 7) is 13.9. The van der Waals surface area contributed by atoms with E-state index >= 15 is 0 Å². The van der Waals surface area contributed by atoms with E-state index in [4.69, 9.17) is 9.47 Å². The molecule has 19 heavy (non-hydrogen) atoms. The summed E-state index contributed by atoms with van der Waals surface area (Å²) in [6, 6.07) is 0.787. The molecule has 2 fully saturated rings. The van der Waals surface area contributed by atoms with Gasteiger partial charge >= 0.3 is 0 Å². The largest absolute Gasteiger partial charge is 0.380 e. The quantitative estimate of drug-likeness (QED) is 0.656. The van der Waals surface area contributed by atoms with Crippen LogP contribution < -0.4 is 0 Å². The Morgan fingerprint density at radius 2 is 1.84 bits per heavy atom. The smallest absolute Gasteiger partial charge is 0.0832 e. The highest BCUT2D eigenvalue weighted by atomic mass is 16.5. The van der Waals surface area contributed by atoms with Crippen molar-refractivity contribution in [3.8, 4) is 0 Å². The monoisotopic (exact) mass is 270 g/mol. The van der Waals surface area contributed by atoms with Gasteiger partial charge in [-0.25, -0.2) is 0 Å². The van der Waals surface area contributed by atoms with Crippen molar-refractivity contribution < 1.29 is 9.47 Å². The minimum absolute atomic E-state index is 0.368. The molecule has 0 saturated carbocycles. The Labute approximate surface area is 118 Å². The summed E-state index contributed by atoms with van der Waals surface area (Å²) in [5.74, 6) is 0. The van der Waals surface area contributed by atoms with Crippen molar-refractivity contribution in [2.45, 2.75) is 51.9 Å². The SMILES string of the molecule is CCOCCN1CCC(N2CC(OC(C)C)C2)CC1. The second-order valence-electron chi connectivity index (χ2n) is 6.03. The van der Waals surface area contributed by atoms with Crippen LogP contribution in [0.5, 0.6) is 0 Å². The zero-order chi connectivity index (χ0) is 13.7. The van der Waals surface area contributed by atoms with Crippen molar-refractivity contribution >= 4 is 0 Å². The minimum Gasteiger partial charge on any atom is -0.380 e. The van der Waals surface area contributed by atoms with Crippen LogP contribution in [0.3, 0.4) is 0 Å². The summed E-state index contributed by atoms with van der Waals surface area (Å²) in [6.07, 6.45) is 3.46. The van der Waals surface area contributed by atoms with E-state index in [-0.39, 0.29) is 0 Å². The van der Waals surface area contributed by atoms with Crippen LogP contribution in [-0.2, 0) is 9.47 Å². The molecule has 2 saturated heterocycles. The van der Waals surface area contributed by atoms with E-state index in [1.807, 2.05) is 0 Å². The minimum atomic E-state index is 0.368. The molecule has 0 aromatic rings. The lowest BCUT2D eigenvalue weighted by Crippen LogP contribution is -2.59. The van der Waals surface area contributed by atoms with Crippen molar-refractivity contribution in [2.75, 3.05) is 45.9 Å². The summed E-state index contributed by atoms with van der Waals surface area (Å²) in [5.41, 5.74) is 0. The maximum absolute atomic E-state index is 5.83. The summed E-state index contributed by atoms with van der Waals surface area (Å²) in [5, 5.41) is 0. The molecule has 0 spiro atoms. The molecule has 0 aromatic carbocycles. The molecule has 0 aromatic heterocycles. The van der Waals surface area contributed by atoms with Gasteiger partial charge < -0.3 is 14.4 Å². The Hall–Kier alpha value is -0.160. The van der Waals surface area contributed by atoms with Crippen LogP contribution in [0.4, 0.5) is 0 Å². The number of likely N-dealkylation sites (tertiary alicyclic amines) is 2. The zero-order valence-corrected chi connectivity index (χ0v) is 12.8. The van der Waals surface area contributed by atoms with E-state index in [2.05, 4.69) is 30.6 Å². The van der Waals surface area contributed by atoms with Crippen LogP contribution in [0.15, 0.2) is 0 Å². The molecule has 112 valence electrons. The van der Waals surface area contributed by atoms with Crippen molar-refractivity contribution in [1.29, 1.82) is 0 Å². The maximum Gasteiger partial charge on any atom is 0.0832 e. The number of ether oxygens (including phenoxy) is 2. The molecule has 0 unspecified atom stereocenters. The molecule has 2 aliphatic heterocycles. The fourth-order valence-electron chi connectivity index (χ4n) is 3.08. The standard InChI is InChI=1S/C15H30N2O2/c1-4-18-10-9-16-7-5-14(6-8-16)17-11-15(12-17)19-13(2)3/h13-15H,4-12H2,1-3H3. The molecule has 0 N–H and O–H groups in total. The molecule has 4 heteroatoms. The topological polar surface area (TPSA) is 24.9 Å². The molecule has 4 nitrogen and oxygen atoms in total. The first-order chi connectivity index (χ1) is 9.19. The number of nitrogens with zero attached hydrogens (tertiary/aromatic N) is 2. The van der Waals surface area contributed by atoms with Crippen LogP contribution >= 0.6 is 0 Å². The van der Waals surface area contributed by atoms with Gasteiger partial charge in [-0.15, -0.1) is 0 Å². The second-order valence-corrected chi connectivity index (χ2v) is 6.03. The second kappa shape index (κ2) is 7.58. The number of hydrogen-bond acceptors (Lipinski definition) is 4. The predicted octanol–water partition coefficient (Wildman–Crippen LogP) is 1.60. The molecule has 0 amide bonds. The van der Waals surface area contributed by atoms with Gasteiger partial charge in [0, 0.05) is 32.3 Å². The van der Waals surface area contributed by atoms with Gasteiger partial charge in [0.05, 0.1) is 18.8 Å². The highest BCUT2D eigenvalue weighted by Crippen LogP contribution is 2.23. The van der Waals surface area contributed by atoms with Gasteiger partial charge in [0.25, 0.3) is 0 Å². The van der Waals surface area contributed by atoms with Gasteiger partial charge in [-0.05, 0) is 46.7 Å². The Morgan fingerprint density at radius 3 is 2.42 bits per heavy atom. The molecule has 0 atom stereocenters. The third-order valence-corrected chi connectivity index (χ3v) is 4.17. The third-order valence-electron chi connectivity index (χ3n) is 4.17. The van der Waals surface area contributed by atoms with E-state index in [1.165, 1.54) is 25.9 Å². The molecular weight excluding hydrogens is 240 g/mol. The average Bonchev–Trinajstić information content (AvgIpc) is 2.34. The normalized spacial score (nSPS) is 24.0. The first-order valence-corrected chi connectivity index (χ1v) is 7.88. The number of piperidine rings is 1. The van der Waals surface area contributed by atoms with Gasteiger partial charge in [-0.1, -0.05) is 0 Å². The Balaban J connectivity index is 1.57.